The van der Waals surface area contributed by atoms with Crippen LogP contribution in [-0.4, -0.2) is 9.55 Å². The van der Waals surface area contributed by atoms with E-state index in [1.54, 1.807) is 11.8 Å². The summed E-state index contributed by atoms with van der Waals surface area (Å²) in [6.07, 6.45) is 1.98. The van der Waals surface area contributed by atoms with E-state index in [1.807, 2.05) is 12.3 Å². The average Bonchev–Trinajstić information content (AvgIpc) is 3.12. The van der Waals surface area contributed by atoms with Crippen LogP contribution in [0.3, 0.4) is 0 Å². The second-order valence-electron chi connectivity index (χ2n) is 6.24. The van der Waals surface area contributed by atoms with E-state index in [0.29, 0.717) is 0 Å². The lowest BCUT2D eigenvalue weighted by Crippen LogP contribution is -1.99. The predicted octanol–water partition coefficient (Wildman–Crippen LogP) is 6.14. The Kier molecular flexibility index (Phi) is 4.89. The quantitative estimate of drug-likeness (QED) is 0.400. The number of aromatic nitrogens is 2. The molecule has 2 nitrogen and oxygen atoms in total. The van der Waals surface area contributed by atoms with Crippen LogP contribution in [0.1, 0.15) is 11.1 Å². The molecule has 0 amide bonds. The molecular formula is C23H20N2S. The van der Waals surface area contributed by atoms with Crippen molar-refractivity contribution in [3.05, 3.63) is 102 Å². The van der Waals surface area contributed by atoms with Gasteiger partial charge in [-0.25, -0.2) is 4.98 Å². The maximum absolute atomic E-state index is 4.73. The lowest BCUT2D eigenvalue weighted by atomic mass is 10.1. The molecule has 0 aliphatic carbocycles. The molecular weight excluding hydrogens is 336 g/mol. The molecule has 0 atom stereocenters. The van der Waals surface area contributed by atoms with Crippen LogP contribution in [0.25, 0.3) is 16.9 Å². The van der Waals surface area contributed by atoms with Crippen molar-refractivity contribution >= 4 is 11.8 Å². The van der Waals surface area contributed by atoms with Crippen LogP contribution in [-0.2, 0) is 5.75 Å². The zero-order chi connectivity index (χ0) is 17.8. The summed E-state index contributed by atoms with van der Waals surface area (Å²) in [4.78, 5) is 4.73. The molecule has 0 unspecified atom stereocenters. The Morgan fingerprint density at radius 3 is 2.15 bits per heavy atom. The number of benzene rings is 3. The molecule has 0 radical (unpaired) electrons. The molecule has 0 N–H and O–H groups in total. The number of hydrogen-bond donors (Lipinski definition) is 0. The highest BCUT2D eigenvalue weighted by atomic mass is 32.2. The van der Waals surface area contributed by atoms with Crippen molar-refractivity contribution in [2.75, 3.05) is 0 Å². The summed E-state index contributed by atoms with van der Waals surface area (Å²) in [5.41, 5.74) is 6.00. The molecule has 26 heavy (non-hydrogen) atoms. The molecule has 0 saturated carbocycles. The summed E-state index contributed by atoms with van der Waals surface area (Å²) >= 11 is 1.77. The number of imidazole rings is 1. The fraction of sp³-hybridized carbons (Fsp3) is 0.0870. The van der Waals surface area contributed by atoms with Gasteiger partial charge in [-0.2, -0.15) is 0 Å². The van der Waals surface area contributed by atoms with Gasteiger partial charge in [-0.3, -0.25) is 4.57 Å². The van der Waals surface area contributed by atoms with Gasteiger partial charge in [0.25, 0.3) is 0 Å². The van der Waals surface area contributed by atoms with Crippen LogP contribution in [0.5, 0.6) is 0 Å². The minimum atomic E-state index is 0.901. The molecule has 0 spiro atoms. The number of hydrogen-bond acceptors (Lipinski definition) is 2. The second kappa shape index (κ2) is 7.63. The summed E-state index contributed by atoms with van der Waals surface area (Å²) in [5, 5.41) is 1.01. The standard InChI is InChI=1S/C23H20N2S/c1-18-12-14-20(15-13-18)22-16-24-23(25(22)21-10-6-3-7-11-21)26-17-19-8-4-2-5-9-19/h2-16H,17H2,1H3. The van der Waals surface area contributed by atoms with Gasteiger partial charge in [0, 0.05) is 17.0 Å². The fourth-order valence-corrected chi connectivity index (χ4v) is 3.86. The van der Waals surface area contributed by atoms with E-state index in [4.69, 9.17) is 4.98 Å². The highest BCUT2D eigenvalue weighted by molar-refractivity contribution is 7.98. The van der Waals surface area contributed by atoms with Gasteiger partial charge in [0.1, 0.15) is 0 Å². The van der Waals surface area contributed by atoms with Crippen LogP contribution in [0, 0.1) is 6.92 Å². The molecule has 1 aromatic heterocycles. The minimum Gasteiger partial charge on any atom is -0.287 e. The van der Waals surface area contributed by atoms with Crippen LogP contribution in [0.2, 0.25) is 0 Å². The zero-order valence-corrected chi connectivity index (χ0v) is 15.5. The first-order valence-corrected chi connectivity index (χ1v) is 9.67. The molecule has 3 heteroatoms. The van der Waals surface area contributed by atoms with E-state index < -0.39 is 0 Å². The number of aryl methyl sites for hydroxylation is 1. The maximum Gasteiger partial charge on any atom is 0.173 e. The summed E-state index contributed by atoms with van der Waals surface area (Å²) in [6, 6.07) is 29.6. The largest absolute Gasteiger partial charge is 0.287 e. The number of rotatable bonds is 5. The highest BCUT2D eigenvalue weighted by Crippen LogP contribution is 2.31. The normalized spacial score (nSPS) is 10.8. The van der Waals surface area contributed by atoms with Gasteiger partial charge in [-0.05, 0) is 24.6 Å². The molecule has 0 aliphatic rings. The van der Waals surface area contributed by atoms with Crippen molar-refractivity contribution in [1.29, 1.82) is 0 Å². The second-order valence-corrected chi connectivity index (χ2v) is 7.18. The van der Waals surface area contributed by atoms with Crippen molar-refractivity contribution < 1.29 is 0 Å². The van der Waals surface area contributed by atoms with Crippen molar-refractivity contribution in [2.24, 2.45) is 0 Å². The summed E-state index contributed by atoms with van der Waals surface area (Å²) < 4.78 is 2.25. The lowest BCUT2D eigenvalue weighted by Gasteiger charge is -2.12. The molecule has 0 saturated heterocycles. The zero-order valence-electron chi connectivity index (χ0n) is 14.7. The monoisotopic (exact) mass is 356 g/mol. The fourth-order valence-electron chi connectivity index (χ4n) is 2.91. The summed E-state index contributed by atoms with van der Waals surface area (Å²) in [6.45, 7) is 2.11. The van der Waals surface area contributed by atoms with Gasteiger partial charge in [-0.1, -0.05) is 90.1 Å². The highest BCUT2D eigenvalue weighted by Gasteiger charge is 2.14. The van der Waals surface area contributed by atoms with Gasteiger partial charge in [0.2, 0.25) is 0 Å². The molecule has 4 aromatic rings. The molecule has 3 aromatic carbocycles. The third-order valence-electron chi connectivity index (χ3n) is 4.30. The predicted molar refractivity (Wildman–Crippen MR) is 110 cm³/mol. The summed E-state index contributed by atoms with van der Waals surface area (Å²) in [7, 11) is 0. The Balaban J connectivity index is 1.73. The van der Waals surface area contributed by atoms with Crippen molar-refractivity contribution in [3.8, 4) is 16.9 Å². The Bertz CT molecular complexity index is 974. The van der Waals surface area contributed by atoms with Crippen molar-refractivity contribution in [1.82, 2.24) is 9.55 Å². The van der Waals surface area contributed by atoms with E-state index in [0.717, 1.165) is 22.3 Å². The first-order valence-electron chi connectivity index (χ1n) is 8.68. The lowest BCUT2D eigenvalue weighted by molar-refractivity contribution is 0.900. The SMILES string of the molecule is Cc1ccc(-c2cnc(SCc3ccccc3)n2-c2ccccc2)cc1. The molecule has 1 heterocycles. The Morgan fingerprint density at radius 2 is 1.46 bits per heavy atom. The van der Waals surface area contributed by atoms with E-state index in [-0.39, 0.29) is 0 Å². The van der Waals surface area contributed by atoms with E-state index in [2.05, 4.69) is 90.4 Å². The van der Waals surface area contributed by atoms with Crippen LogP contribution < -0.4 is 0 Å². The van der Waals surface area contributed by atoms with E-state index in [1.165, 1.54) is 16.7 Å². The average molecular weight is 356 g/mol. The molecule has 0 bridgehead atoms. The number of para-hydroxylation sites is 1. The van der Waals surface area contributed by atoms with Crippen LogP contribution >= 0.6 is 11.8 Å². The third kappa shape index (κ3) is 3.58. The molecule has 0 fully saturated rings. The Labute approximate surface area is 158 Å². The Morgan fingerprint density at radius 1 is 0.808 bits per heavy atom. The Hall–Kier alpha value is -2.78. The topological polar surface area (TPSA) is 17.8 Å². The number of thioether (sulfide) groups is 1. The molecule has 4 rings (SSSR count). The molecule has 0 aliphatic heterocycles. The van der Waals surface area contributed by atoms with Gasteiger partial charge >= 0.3 is 0 Å². The smallest absolute Gasteiger partial charge is 0.173 e. The van der Waals surface area contributed by atoms with Crippen molar-refractivity contribution in [2.45, 2.75) is 17.8 Å². The number of nitrogens with zero attached hydrogens (tertiary/aromatic N) is 2. The van der Waals surface area contributed by atoms with Gasteiger partial charge in [0.05, 0.1) is 11.9 Å². The first-order chi connectivity index (χ1) is 12.8. The van der Waals surface area contributed by atoms with Crippen LogP contribution in [0.4, 0.5) is 0 Å². The van der Waals surface area contributed by atoms with E-state index >= 15 is 0 Å². The summed E-state index contributed by atoms with van der Waals surface area (Å²) in [5.74, 6) is 0.901. The van der Waals surface area contributed by atoms with Crippen LogP contribution in [0.15, 0.2) is 96.3 Å². The maximum atomic E-state index is 4.73. The van der Waals surface area contributed by atoms with Gasteiger partial charge in [0.15, 0.2) is 5.16 Å². The first kappa shape index (κ1) is 16.7. The van der Waals surface area contributed by atoms with Crippen molar-refractivity contribution in [3.63, 3.8) is 0 Å². The molecule has 128 valence electrons. The third-order valence-corrected chi connectivity index (χ3v) is 5.33. The minimum absolute atomic E-state index is 0.901. The van der Waals surface area contributed by atoms with Gasteiger partial charge < -0.3 is 0 Å². The van der Waals surface area contributed by atoms with Gasteiger partial charge in [-0.15, -0.1) is 0 Å². The van der Waals surface area contributed by atoms with E-state index in [9.17, 15) is 0 Å².